The second kappa shape index (κ2) is 8.06. The van der Waals surface area contributed by atoms with Crippen molar-refractivity contribution >= 4 is 22.5 Å². The van der Waals surface area contributed by atoms with Crippen molar-refractivity contribution in [1.29, 1.82) is 0 Å². The molecule has 2 rings (SSSR count). The number of carbonyl (C=O) groups excluding carboxylic acids is 1. The number of aryl methyl sites for hydroxylation is 1. The summed E-state index contributed by atoms with van der Waals surface area (Å²) < 4.78 is 0. The molecule has 1 heterocycles. The topological polar surface area (TPSA) is 36.4 Å². The summed E-state index contributed by atoms with van der Waals surface area (Å²) in [6, 6.07) is 8.16. The van der Waals surface area contributed by atoms with Crippen LogP contribution in [0.5, 0.6) is 0 Å². The molecule has 4 nitrogen and oxygen atoms in total. The molecule has 0 aliphatic carbocycles. The lowest BCUT2D eigenvalue weighted by Crippen LogP contribution is -2.38. The number of benzene rings is 1. The lowest BCUT2D eigenvalue weighted by molar-refractivity contribution is -0.118. The minimum Gasteiger partial charge on any atom is -0.310 e. The lowest BCUT2D eigenvalue weighted by Gasteiger charge is -2.27. The molecule has 0 aliphatic rings. The summed E-state index contributed by atoms with van der Waals surface area (Å²) in [5.41, 5.74) is 3.09. The van der Waals surface area contributed by atoms with Crippen LogP contribution >= 0.6 is 0 Å². The van der Waals surface area contributed by atoms with Crippen molar-refractivity contribution in [1.82, 2.24) is 9.88 Å². The molecule has 1 amide bonds. The molecule has 0 fully saturated rings. The largest absolute Gasteiger partial charge is 0.310 e. The molecule has 1 aromatic heterocycles. The van der Waals surface area contributed by atoms with Crippen LogP contribution in [0, 0.1) is 6.92 Å². The summed E-state index contributed by atoms with van der Waals surface area (Å²) in [6.07, 6.45) is 2.30. The van der Waals surface area contributed by atoms with E-state index in [1.54, 1.807) is 6.20 Å². The highest BCUT2D eigenvalue weighted by molar-refractivity contribution is 6.02. The van der Waals surface area contributed by atoms with Gasteiger partial charge in [0.2, 0.25) is 5.91 Å². The van der Waals surface area contributed by atoms with E-state index in [2.05, 4.69) is 48.9 Å². The van der Waals surface area contributed by atoms with Gasteiger partial charge in [-0.25, -0.2) is 0 Å². The van der Waals surface area contributed by atoms with Crippen LogP contribution in [0.3, 0.4) is 0 Å². The van der Waals surface area contributed by atoms with Crippen molar-refractivity contribution in [2.24, 2.45) is 0 Å². The van der Waals surface area contributed by atoms with Gasteiger partial charge < -0.3 is 9.80 Å². The van der Waals surface area contributed by atoms with E-state index in [0.29, 0.717) is 13.0 Å². The fourth-order valence-electron chi connectivity index (χ4n) is 2.83. The molecule has 0 N–H and O–H groups in total. The number of rotatable bonds is 7. The highest BCUT2D eigenvalue weighted by atomic mass is 16.2. The number of amides is 1. The number of fused-ring (bicyclic) bond motifs is 1. The predicted molar refractivity (Wildman–Crippen MR) is 96.9 cm³/mol. The van der Waals surface area contributed by atoms with Crippen LogP contribution in [0.1, 0.15) is 32.8 Å². The molecular formula is C19H27N3O. The van der Waals surface area contributed by atoms with E-state index in [4.69, 9.17) is 0 Å². The van der Waals surface area contributed by atoms with Gasteiger partial charge in [-0.3, -0.25) is 9.78 Å². The first-order chi connectivity index (χ1) is 11.1. The van der Waals surface area contributed by atoms with E-state index >= 15 is 0 Å². The van der Waals surface area contributed by atoms with Crippen molar-refractivity contribution < 1.29 is 4.79 Å². The third-order valence-corrected chi connectivity index (χ3v) is 4.30. The van der Waals surface area contributed by atoms with Gasteiger partial charge in [-0.05, 0) is 37.7 Å². The van der Waals surface area contributed by atoms with Gasteiger partial charge in [-0.15, -0.1) is 0 Å². The molecule has 0 aliphatic heterocycles. The Morgan fingerprint density at radius 2 is 1.83 bits per heavy atom. The molecule has 124 valence electrons. The van der Waals surface area contributed by atoms with Crippen LogP contribution in [0.25, 0.3) is 10.9 Å². The van der Waals surface area contributed by atoms with Gasteiger partial charge in [-0.1, -0.05) is 32.9 Å². The highest BCUT2D eigenvalue weighted by Gasteiger charge is 2.17. The van der Waals surface area contributed by atoms with Crippen molar-refractivity contribution in [3.05, 3.63) is 36.0 Å². The number of aromatic nitrogens is 1. The van der Waals surface area contributed by atoms with Crippen LogP contribution in [0.2, 0.25) is 0 Å². The number of likely N-dealkylation sites (N-methyl/N-ethyl adjacent to an activating group) is 1. The van der Waals surface area contributed by atoms with Crippen LogP contribution in [-0.4, -0.2) is 42.0 Å². The molecule has 0 unspecified atom stereocenters. The van der Waals surface area contributed by atoms with Crippen molar-refractivity contribution in [2.45, 2.75) is 34.1 Å². The number of carbonyl (C=O) groups is 1. The first-order valence-electron chi connectivity index (χ1n) is 8.48. The van der Waals surface area contributed by atoms with Gasteiger partial charge >= 0.3 is 0 Å². The normalized spacial score (nSPS) is 11.2. The van der Waals surface area contributed by atoms with Gasteiger partial charge in [-0.2, -0.15) is 0 Å². The number of hydrogen-bond acceptors (Lipinski definition) is 3. The molecule has 23 heavy (non-hydrogen) atoms. The van der Waals surface area contributed by atoms with Gasteiger partial charge in [0.05, 0.1) is 11.2 Å². The maximum Gasteiger partial charge on any atom is 0.226 e. The zero-order valence-electron chi connectivity index (χ0n) is 14.7. The monoisotopic (exact) mass is 313 g/mol. The second-order valence-electron chi connectivity index (χ2n) is 5.78. The zero-order chi connectivity index (χ0) is 16.8. The van der Waals surface area contributed by atoms with Crippen molar-refractivity contribution in [3.63, 3.8) is 0 Å². The van der Waals surface area contributed by atoms with E-state index in [1.165, 1.54) is 5.56 Å². The third-order valence-electron chi connectivity index (χ3n) is 4.30. The summed E-state index contributed by atoms with van der Waals surface area (Å²) in [5.74, 6) is 0.158. The standard InChI is InChI=1S/C19H27N3O/c1-5-19(23)22(13-12-21(6-2)7-3)18-10-11-20-17-14-15(4)8-9-16(17)18/h8-11,14H,5-7,12-13H2,1-4H3. The summed E-state index contributed by atoms with van der Waals surface area (Å²) >= 11 is 0. The van der Waals surface area contributed by atoms with E-state index in [1.807, 2.05) is 17.9 Å². The number of nitrogens with zero attached hydrogens (tertiary/aromatic N) is 3. The fourth-order valence-corrected chi connectivity index (χ4v) is 2.83. The summed E-state index contributed by atoms with van der Waals surface area (Å²) in [6.45, 7) is 11.9. The molecule has 0 atom stereocenters. The first kappa shape index (κ1) is 17.4. The van der Waals surface area contributed by atoms with Gasteiger partial charge in [0.15, 0.2) is 0 Å². The van der Waals surface area contributed by atoms with Crippen LogP contribution in [-0.2, 0) is 4.79 Å². The average Bonchev–Trinajstić information content (AvgIpc) is 2.57. The quantitative estimate of drug-likeness (QED) is 0.783. The van der Waals surface area contributed by atoms with Gasteiger partial charge in [0.25, 0.3) is 0 Å². The lowest BCUT2D eigenvalue weighted by atomic mass is 10.1. The third kappa shape index (κ3) is 4.08. The number of hydrogen-bond donors (Lipinski definition) is 0. The average molecular weight is 313 g/mol. The SMILES string of the molecule is CCC(=O)N(CCN(CC)CC)c1ccnc2cc(C)ccc12. The summed E-state index contributed by atoms with van der Waals surface area (Å²) in [4.78, 5) is 21.2. The van der Waals surface area contributed by atoms with Crippen LogP contribution in [0.15, 0.2) is 30.5 Å². The first-order valence-corrected chi connectivity index (χ1v) is 8.48. The number of pyridine rings is 1. The summed E-state index contributed by atoms with van der Waals surface area (Å²) in [7, 11) is 0. The molecule has 0 bridgehead atoms. The molecule has 2 aromatic rings. The maximum atomic E-state index is 12.5. The van der Waals surface area contributed by atoms with Crippen LogP contribution in [0.4, 0.5) is 5.69 Å². The maximum absolute atomic E-state index is 12.5. The Balaban J connectivity index is 2.37. The molecule has 0 radical (unpaired) electrons. The van der Waals surface area contributed by atoms with E-state index in [9.17, 15) is 4.79 Å². The van der Waals surface area contributed by atoms with Crippen molar-refractivity contribution in [3.8, 4) is 0 Å². The molecule has 0 saturated heterocycles. The zero-order valence-corrected chi connectivity index (χ0v) is 14.7. The molecule has 0 spiro atoms. The Morgan fingerprint density at radius 3 is 2.48 bits per heavy atom. The Hall–Kier alpha value is -1.94. The highest BCUT2D eigenvalue weighted by Crippen LogP contribution is 2.26. The van der Waals surface area contributed by atoms with E-state index in [0.717, 1.165) is 36.2 Å². The Kier molecular flexibility index (Phi) is 6.11. The second-order valence-corrected chi connectivity index (χ2v) is 5.78. The van der Waals surface area contributed by atoms with E-state index in [-0.39, 0.29) is 5.91 Å². The molecule has 0 saturated carbocycles. The van der Waals surface area contributed by atoms with Crippen LogP contribution < -0.4 is 4.90 Å². The molecule has 4 heteroatoms. The Bertz CT molecular complexity index is 665. The molecular weight excluding hydrogens is 286 g/mol. The Morgan fingerprint density at radius 1 is 1.09 bits per heavy atom. The summed E-state index contributed by atoms with van der Waals surface area (Å²) in [5, 5.41) is 1.04. The van der Waals surface area contributed by atoms with Gasteiger partial charge in [0, 0.05) is 31.1 Å². The molecule has 1 aromatic carbocycles. The minimum absolute atomic E-state index is 0.158. The van der Waals surface area contributed by atoms with Crippen molar-refractivity contribution in [2.75, 3.05) is 31.1 Å². The smallest absolute Gasteiger partial charge is 0.226 e. The Labute approximate surface area is 139 Å². The predicted octanol–water partition coefficient (Wildman–Crippen LogP) is 3.63. The fraction of sp³-hybridized carbons (Fsp3) is 0.474. The number of anilines is 1. The van der Waals surface area contributed by atoms with E-state index < -0.39 is 0 Å². The van der Waals surface area contributed by atoms with Gasteiger partial charge in [0.1, 0.15) is 0 Å². The minimum atomic E-state index is 0.158.